The van der Waals surface area contributed by atoms with Crippen molar-refractivity contribution in [2.24, 2.45) is 4.99 Å². The number of rotatable bonds is 6. The maximum absolute atomic E-state index is 5.46. The van der Waals surface area contributed by atoms with Gasteiger partial charge in [-0.1, -0.05) is 18.9 Å². The van der Waals surface area contributed by atoms with Gasteiger partial charge >= 0.3 is 0 Å². The zero-order valence-corrected chi connectivity index (χ0v) is 15.6. The SMILES string of the molecule is CN=C(NCCN(C)C1CCCC1)N(C)Cc1ccc2c(c1)OCO2. The van der Waals surface area contributed by atoms with Crippen LogP contribution in [0.4, 0.5) is 0 Å². The molecule has 1 saturated carbocycles. The molecule has 0 aromatic heterocycles. The number of hydrogen-bond donors (Lipinski definition) is 1. The molecule has 138 valence electrons. The second-order valence-corrected chi connectivity index (χ2v) is 6.94. The van der Waals surface area contributed by atoms with Crippen LogP contribution >= 0.6 is 0 Å². The summed E-state index contributed by atoms with van der Waals surface area (Å²) in [6.07, 6.45) is 5.44. The van der Waals surface area contributed by atoms with Crippen molar-refractivity contribution < 1.29 is 9.47 Å². The van der Waals surface area contributed by atoms with Gasteiger partial charge in [0.05, 0.1) is 0 Å². The maximum Gasteiger partial charge on any atom is 0.231 e. The van der Waals surface area contributed by atoms with Gasteiger partial charge in [0.15, 0.2) is 17.5 Å². The van der Waals surface area contributed by atoms with Crippen molar-refractivity contribution in [2.75, 3.05) is 41.0 Å². The molecule has 0 saturated heterocycles. The first kappa shape index (κ1) is 17.9. The third-order valence-corrected chi connectivity index (χ3v) is 5.13. The van der Waals surface area contributed by atoms with Gasteiger partial charge in [0.2, 0.25) is 6.79 Å². The summed E-state index contributed by atoms with van der Waals surface area (Å²) in [5.41, 5.74) is 1.18. The van der Waals surface area contributed by atoms with Crippen LogP contribution in [0.5, 0.6) is 11.5 Å². The Bertz CT molecular complexity index is 599. The van der Waals surface area contributed by atoms with Gasteiger partial charge in [0, 0.05) is 39.8 Å². The number of likely N-dealkylation sites (N-methyl/N-ethyl adjacent to an activating group) is 1. The number of nitrogens with one attached hydrogen (secondary N) is 1. The molecule has 0 unspecified atom stereocenters. The Morgan fingerprint density at radius 2 is 1.96 bits per heavy atom. The molecule has 0 spiro atoms. The summed E-state index contributed by atoms with van der Waals surface area (Å²) in [5.74, 6) is 2.56. The molecule has 1 aliphatic heterocycles. The minimum Gasteiger partial charge on any atom is -0.454 e. The van der Waals surface area contributed by atoms with E-state index < -0.39 is 0 Å². The van der Waals surface area contributed by atoms with E-state index >= 15 is 0 Å². The van der Waals surface area contributed by atoms with Crippen LogP contribution in [0.25, 0.3) is 0 Å². The van der Waals surface area contributed by atoms with Gasteiger partial charge in [-0.05, 0) is 37.6 Å². The molecule has 1 fully saturated rings. The first-order chi connectivity index (χ1) is 12.2. The molecule has 0 atom stereocenters. The van der Waals surface area contributed by atoms with Gasteiger partial charge in [-0.3, -0.25) is 4.99 Å². The highest BCUT2D eigenvalue weighted by Gasteiger charge is 2.19. The van der Waals surface area contributed by atoms with Crippen LogP contribution in [-0.4, -0.2) is 62.8 Å². The standard InChI is InChI=1S/C19H30N4O2/c1-20-19(21-10-11-22(2)16-6-4-5-7-16)23(3)13-15-8-9-17-18(12-15)25-14-24-17/h8-9,12,16H,4-7,10-11,13-14H2,1-3H3,(H,20,21). The summed E-state index contributed by atoms with van der Waals surface area (Å²) < 4.78 is 10.8. The van der Waals surface area contributed by atoms with Crippen LogP contribution in [0.15, 0.2) is 23.2 Å². The molecule has 1 aromatic carbocycles. The van der Waals surface area contributed by atoms with E-state index in [4.69, 9.17) is 9.47 Å². The molecule has 1 aromatic rings. The number of guanidine groups is 1. The van der Waals surface area contributed by atoms with Crippen LogP contribution in [0.3, 0.4) is 0 Å². The summed E-state index contributed by atoms with van der Waals surface area (Å²) in [7, 11) is 6.12. The fraction of sp³-hybridized carbons (Fsp3) is 0.632. The molecule has 6 nitrogen and oxygen atoms in total. The van der Waals surface area contributed by atoms with Gasteiger partial charge in [-0.15, -0.1) is 0 Å². The number of nitrogens with zero attached hydrogens (tertiary/aromatic N) is 3. The van der Waals surface area contributed by atoms with Crippen molar-refractivity contribution in [1.29, 1.82) is 0 Å². The Balaban J connectivity index is 1.47. The highest BCUT2D eigenvalue weighted by Crippen LogP contribution is 2.32. The molecule has 2 aliphatic rings. The molecule has 0 bridgehead atoms. The average molecular weight is 346 g/mol. The number of ether oxygens (including phenoxy) is 2. The fourth-order valence-corrected chi connectivity index (χ4v) is 3.64. The van der Waals surface area contributed by atoms with E-state index in [1.165, 1.54) is 31.2 Å². The monoisotopic (exact) mass is 346 g/mol. The van der Waals surface area contributed by atoms with E-state index in [1.807, 2.05) is 19.2 Å². The highest BCUT2D eigenvalue weighted by atomic mass is 16.7. The normalized spacial score (nSPS) is 17.4. The lowest BCUT2D eigenvalue weighted by Gasteiger charge is -2.26. The first-order valence-electron chi connectivity index (χ1n) is 9.18. The van der Waals surface area contributed by atoms with Crippen molar-refractivity contribution in [3.05, 3.63) is 23.8 Å². The summed E-state index contributed by atoms with van der Waals surface area (Å²) >= 11 is 0. The minimum atomic E-state index is 0.312. The lowest BCUT2D eigenvalue weighted by molar-refractivity contribution is 0.174. The number of hydrogen-bond acceptors (Lipinski definition) is 4. The molecule has 0 amide bonds. The quantitative estimate of drug-likeness (QED) is 0.633. The van der Waals surface area contributed by atoms with E-state index in [0.717, 1.165) is 43.1 Å². The number of aliphatic imine (C=N–C) groups is 1. The van der Waals surface area contributed by atoms with Crippen molar-refractivity contribution in [2.45, 2.75) is 38.3 Å². The summed E-state index contributed by atoms with van der Waals surface area (Å²) in [4.78, 5) is 9.02. The van der Waals surface area contributed by atoms with E-state index in [-0.39, 0.29) is 0 Å². The van der Waals surface area contributed by atoms with Crippen molar-refractivity contribution in [1.82, 2.24) is 15.1 Å². The summed E-state index contributed by atoms with van der Waals surface area (Å²) in [5, 5.41) is 3.47. The molecule has 6 heteroatoms. The van der Waals surface area contributed by atoms with E-state index in [9.17, 15) is 0 Å². The molecule has 3 rings (SSSR count). The molecule has 1 aliphatic carbocycles. The Kier molecular flexibility index (Phi) is 6.02. The zero-order chi connectivity index (χ0) is 17.6. The first-order valence-corrected chi connectivity index (χ1v) is 9.18. The van der Waals surface area contributed by atoms with E-state index in [1.54, 1.807) is 0 Å². The summed E-state index contributed by atoms with van der Waals surface area (Å²) in [6.45, 7) is 3.04. The second-order valence-electron chi connectivity index (χ2n) is 6.94. The molecule has 1 heterocycles. The van der Waals surface area contributed by atoms with Crippen LogP contribution in [0, 0.1) is 0 Å². The smallest absolute Gasteiger partial charge is 0.231 e. The third-order valence-electron chi connectivity index (χ3n) is 5.13. The predicted octanol–water partition coefficient (Wildman–Crippen LogP) is 2.30. The lowest BCUT2D eigenvalue weighted by atomic mass is 10.2. The summed E-state index contributed by atoms with van der Waals surface area (Å²) in [6, 6.07) is 6.85. The highest BCUT2D eigenvalue weighted by molar-refractivity contribution is 5.79. The Labute approximate surface area is 150 Å². The van der Waals surface area contributed by atoms with Crippen LogP contribution in [0.1, 0.15) is 31.2 Å². The van der Waals surface area contributed by atoms with Crippen molar-refractivity contribution in [3.63, 3.8) is 0 Å². The largest absolute Gasteiger partial charge is 0.454 e. The van der Waals surface area contributed by atoms with Crippen LogP contribution in [-0.2, 0) is 6.54 Å². The average Bonchev–Trinajstić information content (AvgIpc) is 3.29. The number of benzene rings is 1. The predicted molar refractivity (Wildman–Crippen MR) is 100 cm³/mol. The third kappa shape index (κ3) is 4.57. The Hall–Kier alpha value is -1.95. The van der Waals surface area contributed by atoms with Crippen molar-refractivity contribution >= 4 is 5.96 Å². The second kappa shape index (κ2) is 8.43. The van der Waals surface area contributed by atoms with Gasteiger partial charge in [0.1, 0.15) is 0 Å². The van der Waals surface area contributed by atoms with Gasteiger partial charge in [-0.25, -0.2) is 0 Å². The lowest BCUT2D eigenvalue weighted by Crippen LogP contribution is -2.43. The Morgan fingerprint density at radius 3 is 2.72 bits per heavy atom. The number of fused-ring (bicyclic) bond motifs is 1. The van der Waals surface area contributed by atoms with E-state index in [0.29, 0.717) is 6.79 Å². The maximum atomic E-state index is 5.46. The van der Waals surface area contributed by atoms with Gasteiger partial charge in [0.25, 0.3) is 0 Å². The molecule has 25 heavy (non-hydrogen) atoms. The Morgan fingerprint density at radius 1 is 1.20 bits per heavy atom. The molecule has 1 N–H and O–H groups in total. The van der Waals surface area contributed by atoms with Gasteiger partial charge in [-0.2, -0.15) is 0 Å². The van der Waals surface area contributed by atoms with E-state index in [2.05, 4.69) is 40.3 Å². The fourth-order valence-electron chi connectivity index (χ4n) is 3.64. The minimum absolute atomic E-state index is 0.312. The van der Waals surface area contributed by atoms with Crippen LogP contribution < -0.4 is 14.8 Å². The van der Waals surface area contributed by atoms with Crippen molar-refractivity contribution in [3.8, 4) is 11.5 Å². The zero-order valence-electron chi connectivity index (χ0n) is 15.6. The van der Waals surface area contributed by atoms with Crippen LogP contribution in [0.2, 0.25) is 0 Å². The topological polar surface area (TPSA) is 49.3 Å². The molecule has 0 radical (unpaired) electrons. The molecular weight excluding hydrogens is 316 g/mol. The van der Waals surface area contributed by atoms with Gasteiger partial charge < -0.3 is 24.6 Å². The molecular formula is C19H30N4O2.